The molecule has 0 aliphatic rings. The maximum atomic E-state index is 12.7. The number of phenolic OH excluding ortho intramolecular Hbond substituents is 1. The lowest BCUT2D eigenvalue weighted by Gasteiger charge is -2.02. The van der Waals surface area contributed by atoms with Crippen LogP contribution >= 0.6 is 0 Å². The molecule has 3 heteroatoms. The van der Waals surface area contributed by atoms with Crippen LogP contribution in [0.5, 0.6) is 5.75 Å². The quantitative estimate of drug-likeness (QED) is 0.897. The van der Waals surface area contributed by atoms with Crippen LogP contribution in [0.2, 0.25) is 0 Å². The SMILES string of the molecule is O=C(Cc1ccc(O)cc1)Cc1ccc(F)cc1. The monoisotopic (exact) mass is 244 g/mol. The summed E-state index contributed by atoms with van der Waals surface area (Å²) in [5.41, 5.74) is 1.67. The Morgan fingerprint density at radius 2 is 1.33 bits per heavy atom. The number of rotatable bonds is 4. The zero-order valence-electron chi connectivity index (χ0n) is 9.77. The molecule has 0 saturated carbocycles. The van der Waals surface area contributed by atoms with E-state index in [9.17, 15) is 9.18 Å². The van der Waals surface area contributed by atoms with Gasteiger partial charge in [0.1, 0.15) is 17.3 Å². The molecule has 0 aromatic heterocycles. The smallest absolute Gasteiger partial charge is 0.141 e. The molecule has 2 nitrogen and oxygen atoms in total. The zero-order chi connectivity index (χ0) is 13.0. The van der Waals surface area contributed by atoms with Gasteiger partial charge in [0, 0.05) is 12.8 Å². The highest BCUT2D eigenvalue weighted by Gasteiger charge is 2.05. The molecule has 1 N–H and O–H groups in total. The van der Waals surface area contributed by atoms with E-state index in [1.54, 1.807) is 36.4 Å². The lowest BCUT2D eigenvalue weighted by Crippen LogP contribution is -2.06. The van der Waals surface area contributed by atoms with E-state index < -0.39 is 0 Å². The van der Waals surface area contributed by atoms with Crippen molar-refractivity contribution in [1.29, 1.82) is 0 Å². The Bertz CT molecular complexity index is 480. The van der Waals surface area contributed by atoms with E-state index in [1.165, 1.54) is 12.1 Å². The maximum Gasteiger partial charge on any atom is 0.141 e. The van der Waals surface area contributed by atoms with Crippen LogP contribution in [0.1, 0.15) is 11.1 Å². The van der Waals surface area contributed by atoms with Crippen molar-refractivity contribution in [2.24, 2.45) is 0 Å². The van der Waals surface area contributed by atoms with E-state index in [2.05, 4.69) is 0 Å². The number of carbonyl (C=O) groups excluding carboxylic acids is 1. The predicted molar refractivity (Wildman–Crippen MR) is 66.9 cm³/mol. The summed E-state index contributed by atoms with van der Waals surface area (Å²) in [6.07, 6.45) is 0.610. The van der Waals surface area contributed by atoms with Crippen LogP contribution in [0.4, 0.5) is 4.39 Å². The first-order chi connectivity index (χ1) is 8.63. The van der Waals surface area contributed by atoms with Crippen molar-refractivity contribution in [3.8, 4) is 5.75 Å². The van der Waals surface area contributed by atoms with Gasteiger partial charge in [-0.3, -0.25) is 4.79 Å². The molecule has 18 heavy (non-hydrogen) atoms. The second kappa shape index (κ2) is 5.45. The zero-order valence-corrected chi connectivity index (χ0v) is 9.77. The molecule has 92 valence electrons. The van der Waals surface area contributed by atoms with Gasteiger partial charge in [-0.2, -0.15) is 0 Å². The molecular weight excluding hydrogens is 231 g/mol. The van der Waals surface area contributed by atoms with Crippen molar-refractivity contribution in [2.75, 3.05) is 0 Å². The average Bonchev–Trinajstić information content (AvgIpc) is 2.35. The summed E-state index contributed by atoms with van der Waals surface area (Å²) in [6.45, 7) is 0. The summed E-state index contributed by atoms with van der Waals surface area (Å²) in [5, 5.41) is 9.13. The summed E-state index contributed by atoms with van der Waals surface area (Å²) >= 11 is 0. The number of phenols is 1. The minimum Gasteiger partial charge on any atom is -0.508 e. The fourth-order valence-corrected chi connectivity index (χ4v) is 1.73. The highest BCUT2D eigenvalue weighted by molar-refractivity contribution is 5.83. The molecule has 0 aliphatic heterocycles. The summed E-state index contributed by atoms with van der Waals surface area (Å²) < 4.78 is 12.7. The molecule has 0 unspecified atom stereocenters. The van der Waals surface area contributed by atoms with E-state index in [0.717, 1.165) is 11.1 Å². The third-order valence-electron chi connectivity index (χ3n) is 2.65. The molecule has 0 spiro atoms. The summed E-state index contributed by atoms with van der Waals surface area (Å²) in [6, 6.07) is 12.5. The van der Waals surface area contributed by atoms with Crippen molar-refractivity contribution >= 4 is 5.78 Å². The Morgan fingerprint density at radius 1 is 0.889 bits per heavy atom. The standard InChI is InChI=1S/C15H13FO2/c16-13-5-1-11(2-6-13)9-15(18)10-12-3-7-14(17)8-4-12/h1-8,17H,9-10H2. The Morgan fingerprint density at radius 3 is 1.83 bits per heavy atom. The highest BCUT2D eigenvalue weighted by atomic mass is 19.1. The van der Waals surface area contributed by atoms with Gasteiger partial charge in [-0.25, -0.2) is 4.39 Å². The van der Waals surface area contributed by atoms with Crippen LogP contribution in [0.15, 0.2) is 48.5 Å². The second-order valence-electron chi connectivity index (χ2n) is 4.19. The van der Waals surface area contributed by atoms with E-state index in [0.29, 0.717) is 12.8 Å². The second-order valence-corrected chi connectivity index (χ2v) is 4.19. The van der Waals surface area contributed by atoms with Gasteiger partial charge in [0.05, 0.1) is 0 Å². The van der Waals surface area contributed by atoms with Gasteiger partial charge in [0.25, 0.3) is 0 Å². The molecular formula is C15H13FO2. The largest absolute Gasteiger partial charge is 0.508 e. The first kappa shape index (κ1) is 12.3. The number of benzene rings is 2. The van der Waals surface area contributed by atoms with Gasteiger partial charge < -0.3 is 5.11 Å². The average molecular weight is 244 g/mol. The lowest BCUT2D eigenvalue weighted by molar-refractivity contribution is -0.117. The van der Waals surface area contributed by atoms with Gasteiger partial charge in [-0.1, -0.05) is 24.3 Å². The number of halogens is 1. The number of hydrogen-bond donors (Lipinski definition) is 1. The minimum atomic E-state index is -0.301. The van der Waals surface area contributed by atoms with Crippen LogP contribution in [-0.4, -0.2) is 10.9 Å². The molecule has 0 amide bonds. The number of aromatic hydroxyl groups is 1. The molecule has 0 saturated heterocycles. The Hall–Kier alpha value is -2.16. The third kappa shape index (κ3) is 3.42. The van der Waals surface area contributed by atoms with Crippen molar-refractivity contribution in [2.45, 2.75) is 12.8 Å². The predicted octanol–water partition coefficient (Wildman–Crippen LogP) is 2.89. The fourth-order valence-electron chi connectivity index (χ4n) is 1.73. The van der Waals surface area contributed by atoms with Crippen LogP contribution < -0.4 is 0 Å². The number of ketones is 1. The van der Waals surface area contributed by atoms with E-state index in [1.807, 2.05) is 0 Å². The summed E-state index contributed by atoms with van der Waals surface area (Å²) in [4.78, 5) is 11.8. The maximum absolute atomic E-state index is 12.7. The molecule has 2 rings (SSSR count). The fraction of sp³-hybridized carbons (Fsp3) is 0.133. The highest BCUT2D eigenvalue weighted by Crippen LogP contribution is 2.11. The van der Waals surface area contributed by atoms with Crippen LogP contribution in [0.25, 0.3) is 0 Å². The van der Waals surface area contributed by atoms with Gasteiger partial charge >= 0.3 is 0 Å². The summed E-state index contributed by atoms with van der Waals surface area (Å²) in [5.74, 6) is -0.0539. The van der Waals surface area contributed by atoms with E-state index in [-0.39, 0.29) is 17.3 Å². The van der Waals surface area contributed by atoms with Crippen molar-refractivity contribution in [1.82, 2.24) is 0 Å². The number of carbonyl (C=O) groups is 1. The normalized spacial score (nSPS) is 10.3. The molecule has 0 aliphatic carbocycles. The van der Waals surface area contributed by atoms with Crippen LogP contribution in [0.3, 0.4) is 0 Å². The topological polar surface area (TPSA) is 37.3 Å². The van der Waals surface area contributed by atoms with Gasteiger partial charge in [0.2, 0.25) is 0 Å². The van der Waals surface area contributed by atoms with Crippen molar-refractivity contribution in [3.63, 3.8) is 0 Å². The molecule has 0 radical (unpaired) electrons. The first-order valence-electron chi connectivity index (χ1n) is 5.67. The van der Waals surface area contributed by atoms with Gasteiger partial charge in [-0.05, 0) is 35.4 Å². The molecule has 0 fully saturated rings. The van der Waals surface area contributed by atoms with E-state index >= 15 is 0 Å². The van der Waals surface area contributed by atoms with E-state index in [4.69, 9.17) is 5.11 Å². The Balaban J connectivity index is 1.96. The minimum absolute atomic E-state index is 0.0623. The molecule has 0 atom stereocenters. The Labute approximate surface area is 105 Å². The first-order valence-corrected chi connectivity index (χ1v) is 5.67. The third-order valence-corrected chi connectivity index (χ3v) is 2.65. The molecule has 0 heterocycles. The van der Waals surface area contributed by atoms with Gasteiger partial charge in [-0.15, -0.1) is 0 Å². The van der Waals surface area contributed by atoms with Crippen molar-refractivity contribution in [3.05, 3.63) is 65.5 Å². The van der Waals surface area contributed by atoms with Crippen LogP contribution in [0, 0.1) is 5.82 Å². The molecule has 2 aromatic rings. The molecule has 2 aromatic carbocycles. The van der Waals surface area contributed by atoms with Crippen LogP contribution in [-0.2, 0) is 17.6 Å². The molecule has 0 bridgehead atoms. The number of Topliss-reactive ketones (excluding diaryl/α,β-unsaturated/α-hetero) is 1. The van der Waals surface area contributed by atoms with Crippen molar-refractivity contribution < 1.29 is 14.3 Å². The van der Waals surface area contributed by atoms with Gasteiger partial charge in [0.15, 0.2) is 0 Å². The number of hydrogen-bond acceptors (Lipinski definition) is 2. The summed E-state index contributed by atoms with van der Waals surface area (Å²) in [7, 11) is 0. The lowest BCUT2D eigenvalue weighted by atomic mass is 10.0. The Kier molecular flexibility index (Phi) is 3.72.